The summed E-state index contributed by atoms with van der Waals surface area (Å²) in [6, 6.07) is 5.89. The van der Waals surface area contributed by atoms with Gasteiger partial charge in [-0.05, 0) is 30.7 Å². The van der Waals surface area contributed by atoms with Crippen LogP contribution in [0.15, 0.2) is 29.1 Å². The number of hydrogen-bond donors (Lipinski definition) is 1. The van der Waals surface area contributed by atoms with E-state index in [9.17, 15) is 0 Å². The van der Waals surface area contributed by atoms with E-state index in [2.05, 4.69) is 24.1 Å². The van der Waals surface area contributed by atoms with E-state index < -0.39 is 0 Å². The Labute approximate surface area is 130 Å². The van der Waals surface area contributed by atoms with Crippen LogP contribution in [0.4, 0.5) is 0 Å². The fourth-order valence-electron chi connectivity index (χ4n) is 1.92. The molecule has 0 atom stereocenters. The van der Waals surface area contributed by atoms with Crippen molar-refractivity contribution in [2.75, 3.05) is 13.7 Å². The standard InChI is InChI=1S/C16H22N2O2S/c1-12(2)7-17-8-13-6-15(19-3)4-5-16(13)20-9-14-10-21-11-18-14/h4-6,10-12,17H,7-9H2,1-3H3. The Morgan fingerprint density at radius 3 is 2.86 bits per heavy atom. The highest BCUT2D eigenvalue weighted by atomic mass is 32.1. The van der Waals surface area contributed by atoms with E-state index in [1.165, 1.54) is 0 Å². The summed E-state index contributed by atoms with van der Waals surface area (Å²) in [7, 11) is 1.68. The van der Waals surface area contributed by atoms with Gasteiger partial charge in [0.1, 0.15) is 18.1 Å². The summed E-state index contributed by atoms with van der Waals surface area (Å²) in [6.07, 6.45) is 0. The third kappa shape index (κ3) is 5.02. The molecule has 1 aromatic carbocycles. The van der Waals surface area contributed by atoms with Crippen LogP contribution in [0.1, 0.15) is 25.1 Å². The maximum absolute atomic E-state index is 5.89. The van der Waals surface area contributed by atoms with Gasteiger partial charge in [-0.15, -0.1) is 11.3 Å². The zero-order chi connectivity index (χ0) is 15.1. The normalized spacial score (nSPS) is 10.9. The van der Waals surface area contributed by atoms with Crippen molar-refractivity contribution in [3.8, 4) is 11.5 Å². The minimum absolute atomic E-state index is 0.493. The van der Waals surface area contributed by atoms with Gasteiger partial charge in [-0.3, -0.25) is 0 Å². The summed E-state index contributed by atoms with van der Waals surface area (Å²) in [5, 5.41) is 5.44. The van der Waals surface area contributed by atoms with Gasteiger partial charge in [-0.1, -0.05) is 13.8 Å². The van der Waals surface area contributed by atoms with E-state index in [0.717, 1.165) is 35.8 Å². The zero-order valence-electron chi connectivity index (χ0n) is 12.8. The molecule has 1 N–H and O–H groups in total. The number of aromatic nitrogens is 1. The van der Waals surface area contributed by atoms with Gasteiger partial charge in [0.25, 0.3) is 0 Å². The average Bonchev–Trinajstić information content (AvgIpc) is 2.98. The molecule has 0 saturated heterocycles. The van der Waals surface area contributed by atoms with Crippen molar-refractivity contribution in [1.82, 2.24) is 10.3 Å². The van der Waals surface area contributed by atoms with Crippen LogP contribution >= 0.6 is 11.3 Å². The second-order valence-electron chi connectivity index (χ2n) is 5.27. The first kappa shape index (κ1) is 15.8. The second-order valence-corrected chi connectivity index (χ2v) is 5.99. The van der Waals surface area contributed by atoms with Gasteiger partial charge >= 0.3 is 0 Å². The van der Waals surface area contributed by atoms with Gasteiger partial charge in [-0.25, -0.2) is 4.98 Å². The molecule has 0 aliphatic heterocycles. The van der Waals surface area contributed by atoms with E-state index in [0.29, 0.717) is 12.5 Å². The molecule has 0 unspecified atom stereocenters. The van der Waals surface area contributed by atoms with Gasteiger partial charge in [0, 0.05) is 17.5 Å². The first-order valence-corrected chi connectivity index (χ1v) is 8.01. The van der Waals surface area contributed by atoms with Crippen molar-refractivity contribution < 1.29 is 9.47 Å². The molecular weight excluding hydrogens is 284 g/mol. The first-order chi connectivity index (χ1) is 10.2. The van der Waals surface area contributed by atoms with E-state index in [1.54, 1.807) is 18.4 Å². The number of benzene rings is 1. The molecule has 2 aromatic rings. The molecule has 4 nitrogen and oxygen atoms in total. The molecule has 0 fully saturated rings. The minimum atomic E-state index is 0.493. The number of thiazole rings is 1. The van der Waals surface area contributed by atoms with E-state index in [1.807, 2.05) is 29.1 Å². The fraction of sp³-hybridized carbons (Fsp3) is 0.438. The SMILES string of the molecule is COc1ccc(OCc2cscn2)c(CNCC(C)C)c1. The van der Waals surface area contributed by atoms with Crippen LogP contribution < -0.4 is 14.8 Å². The largest absolute Gasteiger partial charge is 0.497 e. The quantitative estimate of drug-likeness (QED) is 0.811. The van der Waals surface area contributed by atoms with E-state index in [-0.39, 0.29) is 0 Å². The van der Waals surface area contributed by atoms with Crippen molar-refractivity contribution in [2.24, 2.45) is 5.92 Å². The predicted molar refractivity (Wildman–Crippen MR) is 86.0 cm³/mol. The maximum atomic E-state index is 5.89. The Balaban J connectivity index is 2.03. The molecule has 2 rings (SSSR count). The predicted octanol–water partition coefficient (Wildman–Crippen LogP) is 3.48. The van der Waals surface area contributed by atoms with Gasteiger partial charge in [-0.2, -0.15) is 0 Å². The van der Waals surface area contributed by atoms with Gasteiger partial charge in [0.05, 0.1) is 18.3 Å². The molecule has 0 aliphatic rings. The second kappa shape index (κ2) is 8.00. The van der Waals surface area contributed by atoms with Crippen molar-refractivity contribution in [2.45, 2.75) is 27.0 Å². The highest BCUT2D eigenvalue weighted by molar-refractivity contribution is 7.07. The zero-order valence-corrected chi connectivity index (χ0v) is 13.6. The summed E-state index contributed by atoms with van der Waals surface area (Å²) < 4.78 is 11.2. The highest BCUT2D eigenvalue weighted by Gasteiger charge is 2.07. The average molecular weight is 306 g/mol. The number of methoxy groups -OCH3 is 1. The molecule has 1 heterocycles. The number of hydrogen-bond acceptors (Lipinski definition) is 5. The van der Waals surface area contributed by atoms with Crippen LogP contribution in [0.2, 0.25) is 0 Å². The maximum Gasteiger partial charge on any atom is 0.131 e. The number of nitrogens with zero attached hydrogens (tertiary/aromatic N) is 1. The number of nitrogens with one attached hydrogen (secondary N) is 1. The summed E-state index contributed by atoms with van der Waals surface area (Å²) >= 11 is 1.58. The van der Waals surface area contributed by atoms with Gasteiger partial charge in [0.15, 0.2) is 0 Å². The van der Waals surface area contributed by atoms with Gasteiger partial charge < -0.3 is 14.8 Å². The molecule has 0 amide bonds. The van der Waals surface area contributed by atoms with Crippen molar-refractivity contribution in [3.63, 3.8) is 0 Å². The Hall–Kier alpha value is -1.59. The lowest BCUT2D eigenvalue weighted by Crippen LogP contribution is -2.19. The van der Waals surface area contributed by atoms with Gasteiger partial charge in [0.2, 0.25) is 0 Å². The van der Waals surface area contributed by atoms with E-state index >= 15 is 0 Å². The van der Waals surface area contributed by atoms with Crippen LogP contribution in [-0.4, -0.2) is 18.6 Å². The molecule has 5 heteroatoms. The van der Waals surface area contributed by atoms with Crippen molar-refractivity contribution in [3.05, 3.63) is 40.3 Å². The first-order valence-electron chi connectivity index (χ1n) is 7.06. The Morgan fingerprint density at radius 2 is 2.19 bits per heavy atom. The monoisotopic (exact) mass is 306 g/mol. The van der Waals surface area contributed by atoms with Crippen LogP contribution in [0.3, 0.4) is 0 Å². The Bertz CT molecular complexity index is 541. The molecule has 21 heavy (non-hydrogen) atoms. The summed E-state index contributed by atoms with van der Waals surface area (Å²) in [4.78, 5) is 4.23. The molecule has 0 spiro atoms. The Kier molecular flexibility index (Phi) is 6.02. The molecular formula is C16H22N2O2S. The topological polar surface area (TPSA) is 43.4 Å². The van der Waals surface area contributed by atoms with Crippen LogP contribution in [0.5, 0.6) is 11.5 Å². The summed E-state index contributed by atoms with van der Waals surface area (Å²) in [5.74, 6) is 2.34. The molecule has 0 bridgehead atoms. The minimum Gasteiger partial charge on any atom is -0.497 e. The lowest BCUT2D eigenvalue weighted by molar-refractivity contribution is 0.297. The molecule has 114 valence electrons. The lowest BCUT2D eigenvalue weighted by atomic mass is 10.1. The third-order valence-corrected chi connectivity index (χ3v) is 3.63. The van der Waals surface area contributed by atoms with Crippen molar-refractivity contribution in [1.29, 1.82) is 0 Å². The third-order valence-electron chi connectivity index (χ3n) is 2.99. The molecule has 0 saturated carbocycles. The van der Waals surface area contributed by atoms with E-state index in [4.69, 9.17) is 9.47 Å². The Morgan fingerprint density at radius 1 is 1.33 bits per heavy atom. The summed E-state index contributed by atoms with van der Waals surface area (Å²) in [5.41, 5.74) is 3.87. The smallest absolute Gasteiger partial charge is 0.131 e. The molecule has 0 aliphatic carbocycles. The van der Waals surface area contributed by atoms with Crippen LogP contribution in [-0.2, 0) is 13.2 Å². The number of rotatable bonds is 8. The fourth-order valence-corrected chi connectivity index (χ4v) is 2.46. The number of ether oxygens (including phenoxy) is 2. The van der Waals surface area contributed by atoms with Crippen LogP contribution in [0, 0.1) is 5.92 Å². The molecule has 0 radical (unpaired) electrons. The van der Waals surface area contributed by atoms with Crippen molar-refractivity contribution >= 4 is 11.3 Å². The lowest BCUT2D eigenvalue weighted by Gasteiger charge is -2.14. The van der Waals surface area contributed by atoms with Crippen LogP contribution in [0.25, 0.3) is 0 Å². The summed E-state index contributed by atoms with van der Waals surface area (Å²) in [6.45, 7) is 6.62. The molecule has 1 aromatic heterocycles. The highest BCUT2D eigenvalue weighted by Crippen LogP contribution is 2.25.